The second kappa shape index (κ2) is 12.5. The summed E-state index contributed by atoms with van der Waals surface area (Å²) < 4.78 is 16.9. The third-order valence-electron chi connectivity index (χ3n) is 6.67. The van der Waals surface area contributed by atoms with E-state index in [1.165, 1.54) is 7.11 Å². The predicted molar refractivity (Wildman–Crippen MR) is 147 cm³/mol. The van der Waals surface area contributed by atoms with Gasteiger partial charge in [0.2, 0.25) is 6.10 Å². The van der Waals surface area contributed by atoms with Gasteiger partial charge in [-0.15, -0.1) is 0 Å². The number of ether oxygens (including phenoxy) is 2. The molecule has 0 heterocycles. The van der Waals surface area contributed by atoms with Gasteiger partial charge in [0.1, 0.15) is 6.10 Å². The Kier molecular flexibility index (Phi) is 11.2. The van der Waals surface area contributed by atoms with E-state index < -0.39 is 40.5 Å². The monoisotopic (exact) mass is 522 g/mol. The summed E-state index contributed by atoms with van der Waals surface area (Å²) in [6, 6.07) is 8.40. The smallest absolute Gasteiger partial charge is 0.349 e. The summed E-state index contributed by atoms with van der Waals surface area (Å²) >= 11 is 0. The van der Waals surface area contributed by atoms with Crippen molar-refractivity contribution in [2.45, 2.75) is 97.1 Å². The molecule has 4 atom stereocenters. The Morgan fingerprint density at radius 1 is 1.03 bits per heavy atom. The first-order chi connectivity index (χ1) is 15.9. The van der Waals surface area contributed by atoms with E-state index in [1.807, 2.05) is 0 Å². The number of methoxy groups -OCH3 is 1. The van der Waals surface area contributed by atoms with E-state index in [-0.39, 0.29) is 23.5 Å². The number of hydrogen-bond acceptors (Lipinski definition) is 6. The molecule has 0 spiro atoms. The van der Waals surface area contributed by atoms with Crippen molar-refractivity contribution in [3.63, 3.8) is 0 Å². The van der Waals surface area contributed by atoms with E-state index in [1.54, 1.807) is 30.3 Å². The van der Waals surface area contributed by atoms with Gasteiger partial charge in [0.05, 0.1) is 20.7 Å². The minimum atomic E-state index is -2.00. The lowest BCUT2D eigenvalue weighted by atomic mass is 9.91. The van der Waals surface area contributed by atoms with Crippen molar-refractivity contribution >= 4 is 28.3 Å². The summed E-state index contributed by atoms with van der Waals surface area (Å²) in [4.78, 5) is 25.1. The number of aliphatic hydroxyl groups excluding tert-OH is 1. The fraction of sp³-hybridized carbons (Fsp3) is 0.630. The van der Waals surface area contributed by atoms with Crippen LogP contribution in [-0.4, -0.2) is 58.9 Å². The second-order valence-electron chi connectivity index (χ2n) is 11.9. The minimum absolute atomic E-state index is 0.00798. The molecule has 8 heteroatoms. The molecule has 1 rings (SSSR count). The molecule has 0 saturated heterocycles. The van der Waals surface area contributed by atoms with Crippen LogP contribution in [0.2, 0.25) is 37.8 Å². The second-order valence-corrected chi connectivity index (χ2v) is 21.7. The Morgan fingerprint density at radius 2 is 1.57 bits per heavy atom. The molecule has 1 aromatic carbocycles. The van der Waals surface area contributed by atoms with E-state index in [2.05, 4.69) is 73.1 Å². The Labute approximate surface area is 214 Å². The molecule has 2 unspecified atom stereocenters. The maximum atomic E-state index is 12.6. The maximum Gasteiger partial charge on any atom is 0.349 e. The molecule has 0 radical (unpaired) electrons. The van der Waals surface area contributed by atoms with Crippen LogP contribution in [-0.2, 0) is 18.7 Å². The SMILES string of the molecule is COC(=O)C(OC(=O)c1ccccc1)C(O)C/C(=C/[Si](C)(C)C)[C@H](C)[C@H](C)O[Si](C)(C)C(C)(C)C. The molecule has 6 nitrogen and oxygen atoms in total. The van der Waals surface area contributed by atoms with Gasteiger partial charge >= 0.3 is 11.9 Å². The van der Waals surface area contributed by atoms with Gasteiger partial charge in [-0.05, 0) is 43.6 Å². The molecular formula is C27H46O6Si2. The molecule has 0 aromatic heterocycles. The maximum absolute atomic E-state index is 12.6. The first-order valence-corrected chi connectivity index (χ1v) is 18.8. The first-order valence-electron chi connectivity index (χ1n) is 12.3. The van der Waals surface area contributed by atoms with Crippen molar-refractivity contribution in [1.82, 2.24) is 0 Å². The fourth-order valence-corrected chi connectivity index (χ4v) is 6.46. The Balaban J connectivity index is 3.19. The largest absolute Gasteiger partial charge is 0.466 e. The molecule has 35 heavy (non-hydrogen) atoms. The van der Waals surface area contributed by atoms with Crippen LogP contribution in [0.3, 0.4) is 0 Å². The van der Waals surface area contributed by atoms with E-state index in [4.69, 9.17) is 13.9 Å². The number of aliphatic hydroxyl groups is 1. The molecule has 198 valence electrons. The number of carbonyl (C=O) groups is 2. The van der Waals surface area contributed by atoms with Crippen LogP contribution in [0.5, 0.6) is 0 Å². The number of rotatable bonds is 11. The molecule has 0 aliphatic heterocycles. The number of benzene rings is 1. The zero-order valence-electron chi connectivity index (χ0n) is 23.5. The molecule has 1 N–H and O–H groups in total. The quantitative estimate of drug-likeness (QED) is 0.284. The van der Waals surface area contributed by atoms with E-state index in [0.29, 0.717) is 5.56 Å². The number of carbonyl (C=O) groups excluding carboxylic acids is 2. The third kappa shape index (κ3) is 9.67. The van der Waals surface area contributed by atoms with Gasteiger partial charge in [-0.1, -0.05) is 76.8 Å². The summed E-state index contributed by atoms with van der Waals surface area (Å²) in [5.74, 6) is -1.46. The van der Waals surface area contributed by atoms with Gasteiger partial charge < -0.3 is 19.0 Å². The van der Waals surface area contributed by atoms with E-state index >= 15 is 0 Å². The molecule has 0 saturated carbocycles. The molecule has 0 aliphatic rings. The van der Waals surface area contributed by atoms with Gasteiger partial charge in [-0.3, -0.25) is 0 Å². The molecular weight excluding hydrogens is 476 g/mol. The van der Waals surface area contributed by atoms with Crippen LogP contribution in [0.15, 0.2) is 41.6 Å². The zero-order valence-corrected chi connectivity index (χ0v) is 25.5. The highest BCUT2D eigenvalue weighted by Gasteiger charge is 2.40. The standard InChI is InChI=1S/C27H46O6Si2/c1-19(20(2)33-35(10,11)27(3,4)5)22(18-34(7,8)9)17-23(28)24(26(30)31-6)32-25(29)21-15-13-12-14-16-21/h12-16,18-20,23-24,28H,17H2,1-11H3/b22-18-/t19-,20+,23?,24?/m1/s1. The number of hydrogen-bond donors (Lipinski definition) is 1. The predicted octanol–water partition coefficient (Wildman–Crippen LogP) is 5.99. The lowest BCUT2D eigenvalue weighted by molar-refractivity contribution is -0.157. The summed E-state index contributed by atoms with van der Waals surface area (Å²) in [6.07, 6.45) is -2.57. The Bertz CT molecular complexity index is 868. The van der Waals surface area contributed by atoms with Crippen LogP contribution in [0.4, 0.5) is 0 Å². The highest BCUT2D eigenvalue weighted by molar-refractivity contribution is 6.81. The molecule has 0 fully saturated rings. The average molecular weight is 523 g/mol. The van der Waals surface area contributed by atoms with Gasteiger partial charge in [-0.25, -0.2) is 9.59 Å². The fourth-order valence-electron chi connectivity index (χ4n) is 3.48. The van der Waals surface area contributed by atoms with Crippen molar-refractivity contribution in [1.29, 1.82) is 0 Å². The van der Waals surface area contributed by atoms with Gasteiger partial charge in [0.25, 0.3) is 0 Å². The van der Waals surface area contributed by atoms with Crippen molar-refractivity contribution in [3.05, 3.63) is 47.2 Å². The van der Waals surface area contributed by atoms with Crippen molar-refractivity contribution in [3.8, 4) is 0 Å². The highest BCUT2D eigenvalue weighted by Crippen LogP contribution is 2.39. The zero-order chi connectivity index (χ0) is 27.2. The highest BCUT2D eigenvalue weighted by atomic mass is 28.4. The average Bonchev–Trinajstić information content (AvgIpc) is 2.74. The summed E-state index contributed by atoms with van der Waals surface area (Å²) in [5.41, 5.74) is 3.56. The first kappa shape index (κ1) is 31.3. The minimum Gasteiger partial charge on any atom is -0.466 e. The van der Waals surface area contributed by atoms with Crippen LogP contribution in [0.1, 0.15) is 51.4 Å². The van der Waals surface area contributed by atoms with Gasteiger partial charge in [-0.2, -0.15) is 0 Å². The van der Waals surface area contributed by atoms with Crippen LogP contribution in [0.25, 0.3) is 0 Å². The van der Waals surface area contributed by atoms with Crippen LogP contribution >= 0.6 is 0 Å². The van der Waals surface area contributed by atoms with Crippen molar-refractivity contribution in [2.75, 3.05) is 7.11 Å². The Hall–Kier alpha value is -1.75. The van der Waals surface area contributed by atoms with E-state index in [0.717, 1.165) is 5.57 Å². The summed E-state index contributed by atoms with van der Waals surface area (Å²) in [6.45, 7) is 21.9. The molecule has 0 bridgehead atoms. The topological polar surface area (TPSA) is 82.1 Å². The number of esters is 2. The molecule has 0 aliphatic carbocycles. The van der Waals surface area contributed by atoms with Crippen LogP contribution in [0, 0.1) is 5.92 Å². The van der Waals surface area contributed by atoms with Gasteiger partial charge in [0, 0.05) is 12.0 Å². The lowest BCUT2D eigenvalue weighted by Crippen LogP contribution is -2.45. The van der Waals surface area contributed by atoms with Crippen molar-refractivity contribution < 1.29 is 28.6 Å². The summed E-state index contributed by atoms with van der Waals surface area (Å²) in [7, 11) is -2.47. The van der Waals surface area contributed by atoms with Gasteiger partial charge in [0.15, 0.2) is 8.32 Å². The Morgan fingerprint density at radius 3 is 2.03 bits per heavy atom. The van der Waals surface area contributed by atoms with Crippen LogP contribution < -0.4 is 0 Å². The van der Waals surface area contributed by atoms with Crippen molar-refractivity contribution in [2.24, 2.45) is 5.92 Å². The lowest BCUT2D eigenvalue weighted by Gasteiger charge is -2.40. The normalized spacial score (nSPS) is 16.7. The molecule has 1 aromatic rings. The molecule has 0 amide bonds. The summed E-state index contributed by atoms with van der Waals surface area (Å²) in [5, 5.41) is 11.2. The van der Waals surface area contributed by atoms with E-state index in [9.17, 15) is 14.7 Å². The third-order valence-corrected chi connectivity index (χ3v) is 12.5.